The maximum absolute atomic E-state index is 13.2. The summed E-state index contributed by atoms with van der Waals surface area (Å²) < 4.78 is 13.0. The number of carbonyl (C=O) groups is 1. The van der Waals surface area contributed by atoms with Crippen molar-refractivity contribution in [1.82, 2.24) is 9.47 Å². The van der Waals surface area contributed by atoms with Crippen LogP contribution in [0.1, 0.15) is 49.3 Å². The molecule has 1 unspecified atom stereocenters. The van der Waals surface area contributed by atoms with E-state index in [0.29, 0.717) is 23.1 Å². The minimum Gasteiger partial charge on any atom is -0.495 e. The van der Waals surface area contributed by atoms with E-state index in [9.17, 15) is 4.79 Å². The van der Waals surface area contributed by atoms with Gasteiger partial charge < -0.3 is 18.9 Å². The molecule has 4 aromatic rings. The number of carbonyl (C=O) groups excluding carboxylic acids is 1. The summed E-state index contributed by atoms with van der Waals surface area (Å²) >= 11 is 6.30. The molecule has 40 heavy (non-hydrogen) atoms. The molecule has 0 bridgehead atoms. The van der Waals surface area contributed by atoms with E-state index >= 15 is 0 Å². The topological polar surface area (TPSA) is 43.7 Å². The number of aryl methyl sites for hydroxylation is 2. The molecule has 0 radical (unpaired) electrons. The monoisotopic (exact) mass is 558 g/mol. The second-order valence-corrected chi connectivity index (χ2v) is 11.1. The van der Waals surface area contributed by atoms with Crippen molar-refractivity contribution in [1.29, 1.82) is 0 Å². The normalized spacial score (nSPS) is 15.5. The van der Waals surface area contributed by atoms with Gasteiger partial charge in [-0.1, -0.05) is 60.1 Å². The van der Waals surface area contributed by atoms with Gasteiger partial charge in [0.05, 0.1) is 12.1 Å². The Balaban J connectivity index is 1.17. The summed E-state index contributed by atoms with van der Waals surface area (Å²) in [5.74, 6) is 1.32. The third kappa shape index (κ3) is 6.54. The molecule has 1 aliphatic heterocycles. The smallest absolute Gasteiger partial charge is 0.222 e. The third-order valence-corrected chi connectivity index (χ3v) is 8.36. The number of piperidine rings is 1. The first-order valence-electron chi connectivity index (χ1n) is 14.3. The highest BCUT2D eigenvalue weighted by molar-refractivity contribution is 6.32. The average molecular weight is 559 g/mol. The fourth-order valence-electron chi connectivity index (χ4n) is 5.94. The molecule has 1 saturated heterocycles. The lowest BCUT2D eigenvalue weighted by atomic mass is 9.94. The van der Waals surface area contributed by atoms with E-state index in [1.54, 1.807) is 14.2 Å². The van der Waals surface area contributed by atoms with E-state index in [4.69, 9.17) is 21.1 Å². The summed E-state index contributed by atoms with van der Waals surface area (Å²) in [5.41, 5.74) is 6.05. The second kappa shape index (κ2) is 13.4. The van der Waals surface area contributed by atoms with E-state index in [1.807, 2.05) is 18.2 Å². The number of ether oxygens (including phenoxy) is 2. The number of methoxy groups -OCH3 is 2. The molecule has 1 fully saturated rings. The zero-order valence-corrected chi connectivity index (χ0v) is 24.3. The van der Waals surface area contributed by atoms with Crippen LogP contribution in [0.2, 0.25) is 5.02 Å². The molecule has 1 aromatic heterocycles. The van der Waals surface area contributed by atoms with E-state index < -0.39 is 0 Å². The van der Waals surface area contributed by atoms with Gasteiger partial charge in [0.15, 0.2) is 0 Å². The Morgan fingerprint density at radius 3 is 2.55 bits per heavy atom. The number of hydrogen-bond donors (Lipinski definition) is 0. The molecule has 1 atom stereocenters. The van der Waals surface area contributed by atoms with Crippen LogP contribution in [0, 0.1) is 0 Å². The predicted molar refractivity (Wildman–Crippen MR) is 163 cm³/mol. The number of benzene rings is 3. The number of hydrogen-bond acceptors (Lipinski definition) is 3. The quantitative estimate of drug-likeness (QED) is 0.177. The largest absolute Gasteiger partial charge is 0.495 e. The number of fused-ring (bicyclic) bond motifs is 1. The maximum atomic E-state index is 13.2. The van der Waals surface area contributed by atoms with Crippen LogP contribution in [-0.2, 0) is 22.5 Å². The summed E-state index contributed by atoms with van der Waals surface area (Å²) in [6, 6.07) is 25.3. The van der Waals surface area contributed by atoms with Gasteiger partial charge >= 0.3 is 0 Å². The Kier molecular flexibility index (Phi) is 9.45. The van der Waals surface area contributed by atoms with Gasteiger partial charge in [0, 0.05) is 56.9 Å². The highest BCUT2D eigenvalue weighted by atomic mass is 35.5. The molecule has 0 spiro atoms. The van der Waals surface area contributed by atoms with Gasteiger partial charge in [-0.05, 0) is 78.4 Å². The Morgan fingerprint density at radius 2 is 1.77 bits per heavy atom. The van der Waals surface area contributed by atoms with Crippen LogP contribution in [0.15, 0.2) is 72.8 Å². The van der Waals surface area contributed by atoms with Gasteiger partial charge in [-0.25, -0.2) is 0 Å². The molecular weight excluding hydrogens is 520 g/mol. The number of aromatic nitrogens is 1. The summed E-state index contributed by atoms with van der Waals surface area (Å²) in [5, 5.41) is 1.88. The summed E-state index contributed by atoms with van der Waals surface area (Å²) in [7, 11) is 3.38. The molecule has 2 heterocycles. The fourth-order valence-corrected chi connectivity index (χ4v) is 6.20. The molecule has 3 aromatic carbocycles. The molecule has 1 amide bonds. The van der Waals surface area contributed by atoms with Crippen LogP contribution < -0.4 is 4.74 Å². The molecule has 0 saturated carbocycles. The predicted octanol–water partition coefficient (Wildman–Crippen LogP) is 7.74. The Morgan fingerprint density at radius 1 is 0.975 bits per heavy atom. The molecular formula is C34H39ClN2O3. The van der Waals surface area contributed by atoms with Gasteiger partial charge in [-0.2, -0.15) is 0 Å². The van der Waals surface area contributed by atoms with Crippen molar-refractivity contribution in [3.05, 3.63) is 89.1 Å². The standard InChI is InChI=1S/C34H39ClN2O3/c1-39-21-7-20-37-31-11-4-3-9-28(31)23-32(37)29-10-6-19-36(24-29)34(38)12-5-8-25-13-15-26(16-14-25)27-17-18-33(40-2)30(35)22-27/h3-4,9,11,13-18,22-23,29H,5-8,10,12,19-21,24H2,1-2H3. The molecule has 6 heteroatoms. The number of nitrogens with zero attached hydrogens (tertiary/aromatic N) is 2. The number of para-hydroxylation sites is 1. The van der Waals surface area contributed by atoms with E-state index in [1.165, 1.54) is 22.2 Å². The van der Waals surface area contributed by atoms with Gasteiger partial charge in [-0.15, -0.1) is 0 Å². The summed E-state index contributed by atoms with van der Waals surface area (Å²) in [4.78, 5) is 15.3. The zero-order chi connectivity index (χ0) is 27.9. The van der Waals surface area contributed by atoms with Crippen molar-refractivity contribution in [3.8, 4) is 16.9 Å². The third-order valence-electron chi connectivity index (χ3n) is 8.06. The molecule has 0 N–H and O–H groups in total. The van der Waals surface area contributed by atoms with Crippen molar-refractivity contribution in [2.45, 2.75) is 51.0 Å². The minimum atomic E-state index is 0.274. The number of amides is 1. The first-order valence-corrected chi connectivity index (χ1v) is 14.7. The lowest BCUT2D eigenvalue weighted by Gasteiger charge is -2.33. The van der Waals surface area contributed by atoms with Gasteiger partial charge in [0.25, 0.3) is 0 Å². The number of halogens is 1. The van der Waals surface area contributed by atoms with Crippen molar-refractivity contribution >= 4 is 28.4 Å². The highest BCUT2D eigenvalue weighted by Gasteiger charge is 2.27. The van der Waals surface area contributed by atoms with E-state index in [-0.39, 0.29) is 5.91 Å². The summed E-state index contributed by atoms with van der Waals surface area (Å²) in [6.45, 7) is 3.35. The van der Waals surface area contributed by atoms with E-state index in [2.05, 4.69) is 64.1 Å². The van der Waals surface area contributed by atoms with Crippen LogP contribution in [0.25, 0.3) is 22.0 Å². The Labute approximate surface area is 242 Å². The lowest BCUT2D eigenvalue weighted by Crippen LogP contribution is -2.39. The van der Waals surface area contributed by atoms with E-state index in [0.717, 1.165) is 69.5 Å². The first-order chi connectivity index (χ1) is 19.6. The SMILES string of the molecule is COCCCn1c(C2CCCN(C(=O)CCCc3ccc(-c4ccc(OC)c(Cl)c4)cc3)C2)cc2ccccc21. The minimum absolute atomic E-state index is 0.274. The maximum Gasteiger partial charge on any atom is 0.222 e. The van der Waals surface area contributed by atoms with Crippen molar-refractivity contribution in [3.63, 3.8) is 0 Å². The molecule has 210 valence electrons. The molecule has 1 aliphatic rings. The van der Waals surface area contributed by atoms with Crippen LogP contribution in [-0.4, -0.2) is 49.3 Å². The van der Waals surface area contributed by atoms with Crippen molar-refractivity contribution in [2.24, 2.45) is 0 Å². The van der Waals surface area contributed by atoms with Gasteiger partial charge in [0.1, 0.15) is 5.75 Å². The van der Waals surface area contributed by atoms with Crippen LogP contribution in [0.3, 0.4) is 0 Å². The first kappa shape index (κ1) is 28.3. The second-order valence-electron chi connectivity index (χ2n) is 10.7. The molecule has 5 rings (SSSR count). The fraction of sp³-hybridized carbons (Fsp3) is 0.382. The highest BCUT2D eigenvalue weighted by Crippen LogP contribution is 2.33. The lowest BCUT2D eigenvalue weighted by molar-refractivity contribution is -0.132. The Bertz CT molecular complexity index is 1430. The van der Waals surface area contributed by atoms with Crippen LogP contribution >= 0.6 is 11.6 Å². The molecule has 0 aliphatic carbocycles. The van der Waals surface area contributed by atoms with Crippen LogP contribution in [0.4, 0.5) is 0 Å². The molecule has 5 nitrogen and oxygen atoms in total. The van der Waals surface area contributed by atoms with Crippen molar-refractivity contribution < 1.29 is 14.3 Å². The van der Waals surface area contributed by atoms with Crippen molar-refractivity contribution in [2.75, 3.05) is 33.9 Å². The average Bonchev–Trinajstić information content (AvgIpc) is 3.36. The number of likely N-dealkylation sites (tertiary alicyclic amines) is 1. The number of rotatable bonds is 11. The zero-order valence-electron chi connectivity index (χ0n) is 23.6. The van der Waals surface area contributed by atoms with Crippen LogP contribution in [0.5, 0.6) is 5.75 Å². The van der Waals surface area contributed by atoms with Gasteiger partial charge in [0.2, 0.25) is 5.91 Å². The summed E-state index contributed by atoms with van der Waals surface area (Å²) in [6.07, 6.45) is 5.47. The van der Waals surface area contributed by atoms with Gasteiger partial charge in [-0.3, -0.25) is 4.79 Å². The Hall–Kier alpha value is -3.28.